The molecule has 0 spiro atoms. The second kappa shape index (κ2) is 9.53. The van der Waals surface area contributed by atoms with E-state index in [0.29, 0.717) is 19.5 Å². The lowest BCUT2D eigenvalue weighted by molar-refractivity contribution is -0.153. The number of hydrogen-bond donors (Lipinski definition) is 1. The molecule has 2 rings (SSSR count). The number of likely N-dealkylation sites (tertiary alicyclic amines) is 1. The van der Waals surface area contributed by atoms with Crippen molar-refractivity contribution >= 4 is 12.0 Å². The second-order valence-electron chi connectivity index (χ2n) is 8.34. The molecule has 0 saturated carbocycles. The maximum absolute atomic E-state index is 12.9. The van der Waals surface area contributed by atoms with Crippen molar-refractivity contribution in [2.75, 3.05) is 19.7 Å². The van der Waals surface area contributed by atoms with Crippen molar-refractivity contribution in [3.05, 3.63) is 24.0 Å². The summed E-state index contributed by atoms with van der Waals surface area (Å²) in [6, 6.07) is 2.45. The molecule has 0 aromatic carbocycles. The quantitative estimate of drug-likeness (QED) is 0.767. The number of rotatable bonds is 5. The zero-order chi connectivity index (χ0) is 22.5. The number of alkyl carbamates (subject to hydrolysis) is 1. The van der Waals surface area contributed by atoms with Gasteiger partial charge in [-0.1, -0.05) is 0 Å². The minimum Gasteiger partial charge on any atom is -0.482 e. The summed E-state index contributed by atoms with van der Waals surface area (Å²) in [7, 11) is 0. The van der Waals surface area contributed by atoms with Crippen LogP contribution in [0.4, 0.5) is 18.0 Å². The molecule has 1 saturated heterocycles. The lowest BCUT2D eigenvalue weighted by atomic mass is 9.91. The molecule has 2 atom stereocenters. The molecule has 0 radical (unpaired) electrons. The number of aromatic nitrogens is 1. The summed E-state index contributed by atoms with van der Waals surface area (Å²) < 4.78 is 47.5. The van der Waals surface area contributed by atoms with E-state index in [9.17, 15) is 22.8 Å². The summed E-state index contributed by atoms with van der Waals surface area (Å²) in [6.07, 6.45) is -2.23. The van der Waals surface area contributed by atoms with Crippen LogP contribution in [0.2, 0.25) is 0 Å². The number of carbonyl (C=O) groups excluding carboxylic acids is 2. The number of pyridine rings is 1. The van der Waals surface area contributed by atoms with Crippen molar-refractivity contribution in [1.29, 1.82) is 0 Å². The van der Waals surface area contributed by atoms with Crippen LogP contribution in [-0.2, 0) is 4.74 Å². The van der Waals surface area contributed by atoms with Crippen LogP contribution in [0.3, 0.4) is 0 Å². The topological polar surface area (TPSA) is 80.8 Å². The Labute approximate surface area is 173 Å². The molecule has 1 aromatic rings. The SMILES string of the molecule is CC(NC(=O)OC(C)(C)C)C1CCCN(C(=O)c2ncccc2OCC(F)(F)F)C1. The lowest BCUT2D eigenvalue weighted by Gasteiger charge is -2.36. The Morgan fingerprint density at radius 2 is 2.03 bits per heavy atom. The maximum Gasteiger partial charge on any atom is 0.422 e. The smallest absolute Gasteiger partial charge is 0.422 e. The highest BCUT2D eigenvalue weighted by Crippen LogP contribution is 2.25. The third kappa shape index (κ3) is 7.38. The van der Waals surface area contributed by atoms with Gasteiger partial charge >= 0.3 is 12.3 Å². The number of carbonyl (C=O) groups is 2. The number of amides is 2. The molecule has 7 nitrogen and oxygen atoms in total. The Hall–Kier alpha value is -2.52. The molecule has 2 amide bonds. The molecule has 1 aliphatic rings. The van der Waals surface area contributed by atoms with Gasteiger partial charge in [-0.2, -0.15) is 13.2 Å². The third-order valence-corrected chi connectivity index (χ3v) is 4.56. The van der Waals surface area contributed by atoms with E-state index in [2.05, 4.69) is 10.3 Å². The Balaban J connectivity index is 2.03. The normalized spacial score (nSPS) is 18.5. The fraction of sp³-hybridized carbons (Fsp3) is 0.650. The zero-order valence-corrected chi connectivity index (χ0v) is 17.6. The van der Waals surface area contributed by atoms with Crippen LogP contribution in [0.5, 0.6) is 5.75 Å². The van der Waals surface area contributed by atoms with Crippen molar-refractivity contribution < 1.29 is 32.2 Å². The van der Waals surface area contributed by atoms with E-state index in [0.717, 1.165) is 6.42 Å². The van der Waals surface area contributed by atoms with Gasteiger partial charge in [0, 0.05) is 25.3 Å². The largest absolute Gasteiger partial charge is 0.482 e. The molecule has 2 heterocycles. The number of alkyl halides is 3. The molecule has 168 valence electrons. The monoisotopic (exact) mass is 431 g/mol. The standard InChI is InChI=1S/C20H28F3N3O4/c1-13(25-18(28)30-19(2,3)4)14-7-6-10-26(11-14)17(27)16-15(8-5-9-24-16)29-12-20(21,22)23/h5,8-9,13-14H,6-7,10-12H2,1-4H3,(H,25,28). The maximum atomic E-state index is 12.9. The highest BCUT2D eigenvalue weighted by atomic mass is 19.4. The summed E-state index contributed by atoms with van der Waals surface area (Å²) in [6.45, 7) is 6.42. The molecular formula is C20H28F3N3O4. The molecule has 1 fully saturated rings. The Bertz CT molecular complexity index is 750. The first-order valence-corrected chi connectivity index (χ1v) is 9.79. The van der Waals surface area contributed by atoms with Gasteiger partial charge in [0.15, 0.2) is 18.1 Å². The van der Waals surface area contributed by atoms with Gasteiger partial charge < -0.3 is 19.7 Å². The van der Waals surface area contributed by atoms with Gasteiger partial charge in [-0.05, 0) is 58.6 Å². The van der Waals surface area contributed by atoms with Crippen molar-refractivity contribution in [3.8, 4) is 5.75 Å². The molecule has 1 N–H and O–H groups in total. The molecule has 30 heavy (non-hydrogen) atoms. The van der Waals surface area contributed by atoms with Crippen LogP contribution in [0.15, 0.2) is 18.3 Å². The second-order valence-corrected chi connectivity index (χ2v) is 8.34. The predicted octanol–water partition coefficient (Wildman–Crippen LogP) is 3.79. The van der Waals surface area contributed by atoms with Crippen molar-refractivity contribution in [1.82, 2.24) is 15.2 Å². The number of hydrogen-bond acceptors (Lipinski definition) is 5. The van der Waals surface area contributed by atoms with E-state index in [1.807, 2.05) is 6.92 Å². The van der Waals surface area contributed by atoms with E-state index >= 15 is 0 Å². The van der Waals surface area contributed by atoms with Gasteiger partial charge in [0.25, 0.3) is 5.91 Å². The predicted molar refractivity (Wildman–Crippen MR) is 103 cm³/mol. The van der Waals surface area contributed by atoms with Crippen LogP contribution in [0.25, 0.3) is 0 Å². The number of piperidine rings is 1. The molecule has 0 aliphatic carbocycles. The average Bonchev–Trinajstić information content (AvgIpc) is 2.64. The number of ether oxygens (including phenoxy) is 2. The molecular weight excluding hydrogens is 403 g/mol. The van der Waals surface area contributed by atoms with Crippen LogP contribution >= 0.6 is 0 Å². The van der Waals surface area contributed by atoms with E-state index in [-0.39, 0.29) is 23.4 Å². The Morgan fingerprint density at radius 3 is 2.67 bits per heavy atom. The van der Waals surface area contributed by atoms with Gasteiger partial charge in [-0.25, -0.2) is 9.78 Å². The Kier molecular flexibility index (Phi) is 7.54. The molecule has 0 bridgehead atoms. The first-order valence-electron chi connectivity index (χ1n) is 9.79. The summed E-state index contributed by atoms with van der Waals surface area (Å²) in [4.78, 5) is 30.4. The van der Waals surface area contributed by atoms with Gasteiger partial charge in [-0.15, -0.1) is 0 Å². The molecule has 1 aliphatic heterocycles. The van der Waals surface area contributed by atoms with Crippen molar-refractivity contribution in [2.45, 2.75) is 58.4 Å². The number of nitrogens with one attached hydrogen (secondary N) is 1. The van der Waals surface area contributed by atoms with Gasteiger partial charge in [0.05, 0.1) is 0 Å². The highest BCUT2D eigenvalue weighted by Gasteiger charge is 2.33. The van der Waals surface area contributed by atoms with Gasteiger partial charge in [0.1, 0.15) is 5.60 Å². The minimum atomic E-state index is -4.52. The fourth-order valence-corrected chi connectivity index (χ4v) is 3.19. The average molecular weight is 431 g/mol. The third-order valence-electron chi connectivity index (χ3n) is 4.56. The molecule has 10 heteroatoms. The first kappa shape index (κ1) is 23.8. The van der Waals surface area contributed by atoms with Gasteiger partial charge in [-0.3, -0.25) is 4.79 Å². The van der Waals surface area contributed by atoms with Gasteiger partial charge in [0.2, 0.25) is 0 Å². The highest BCUT2D eigenvalue weighted by molar-refractivity contribution is 5.95. The number of nitrogens with zero attached hydrogens (tertiary/aromatic N) is 2. The van der Waals surface area contributed by atoms with Crippen molar-refractivity contribution in [2.24, 2.45) is 5.92 Å². The summed E-state index contributed by atoms with van der Waals surface area (Å²) in [5, 5.41) is 2.79. The first-order chi connectivity index (χ1) is 13.9. The van der Waals surface area contributed by atoms with Crippen LogP contribution in [0, 0.1) is 5.92 Å². The Morgan fingerprint density at radius 1 is 1.33 bits per heavy atom. The van der Waals surface area contributed by atoms with Crippen LogP contribution in [-0.4, -0.2) is 59.4 Å². The summed E-state index contributed by atoms with van der Waals surface area (Å²) in [5.74, 6) is -0.734. The summed E-state index contributed by atoms with van der Waals surface area (Å²) in [5.41, 5.74) is -0.778. The van der Waals surface area contributed by atoms with E-state index in [1.54, 1.807) is 20.8 Å². The zero-order valence-electron chi connectivity index (χ0n) is 17.6. The van der Waals surface area contributed by atoms with E-state index in [4.69, 9.17) is 9.47 Å². The number of halogens is 3. The minimum absolute atomic E-state index is 0.0292. The van der Waals surface area contributed by atoms with E-state index in [1.165, 1.54) is 23.2 Å². The van der Waals surface area contributed by atoms with Crippen molar-refractivity contribution in [3.63, 3.8) is 0 Å². The molecule has 1 aromatic heterocycles. The van der Waals surface area contributed by atoms with E-state index < -0.39 is 30.4 Å². The summed E-state index contributed by atoms with van der Waals surface area (Å²) >= 11 is 0. The fourth-order valence-electron chi connectivity index (χ4n) is 3.19. The van der Waals surface area contributed by atoms with Crippen LogP contribution in [0.1, 0.15) is 51.0 Å². The van der Waals surface area contributed by atoms with Crippen LogP contribution < -0.4 is 10.1 Å². The molecule has 2 unspecified atom stereocenters. The lowest BCUT2D eigenvalue weighted by Crippen LogP contribution is -2.49.